The summed E-state index contributed by atoms with van der Waals surface area (Å²) >= 11 is 5.33. The van der Waals surface area contributed by atoms with Crippen LogP contribution in [0.4, 0.5) is 0 Å². The molecule has 2 rings (SSSR count). The van der Waals surface area contributed by atoms with Crippen LogP contribution < -0.4 is 15.8 Å². The molecule has 1 aromatic carbocycles. The molecule has 1 aliphatic rings. The number of sulfonamides is 1. The molecule has 0 unspecified atom stereocenters. The Bertz CT molecular complexity index is 614. The molecule has 0 aromatic heterocycles. The van der Waals surface area contributed by atoms with Crippen LogP contribution in [0.15, 0.2) is 29.2 Å². The van der Waals surface area contributed by atoms with E-state index in [4.69, 9.17) is 17.4 Å². The van der Waals surface area contributed by atoms with Crippen molar-refractivity contribution in [2.24, 2.45) is 11.1 Å². The summed E-state index contributed by atoms with van der Waals surface area (Å²) in [5.74, 6) is 0.641. The van der Waals surface area contributed by atoms with Crippen LogP contribution in [0.5, 0.6) is 0 Å². The zero-order valence-electron chi connectivity index (χ0n) is 12.7. The number of primary sulfonamides is 1. The van der Waals surface area contributed by atoms with Crippen molar-refractivity contribution in [2.75, 3.05) is 0 Å². The van der Waals surface area contributed by atoms with Crippen molar-refractivity contribution in [3.63, 3.8) is 0 Å². The third kappa shape index (κ3) is 4.93. The van der Waals surface area contributed by atoms with E-state index >= 15 is 0 Å². The van der Waals surface area contributed by atoms with Crippen molar-refractivity contribution in [1.29, 1.82) is 0 Å². The normalized spacial score (nSPS) is 22.1. The fourth-order valence-electron chi connectivity index (χ4n) is 2.73. The van der Waals surface area contributed by atoms with Gasteiger partial charge >= 0.3 is 0 Å². The highest BCUT2D eigenvalue weighted by molar-refractivity contribution is 7.89. The molecule has 0 saturated heterocycles. The fourth-order valence-corrected chi connectivity index (χ4v) is 3.47. The van der Waals surface area contributed by atoms with E-state index in [0.29, 0.717) is 23.6 Å². The molecule has 0 bridgehead atoms. The van der Waals surface area contributed by atoms with E-state index in [1.807, 2.05) is 0 Å². The molecule has 2 atom stereocenters. The molecule has 1 saturated carbocycles. The molecule has 1 fully saturated rings. The second kappa shape index (κ2) is 7.39. The number of benzene rings is 1. The minimum Gasteiger partial charge on any atom is -0.360 e. The van der Waals surface area contributed by atoms with E-state index in [1.54, 1.807) is 12.1 Å². The van der Waals surface area contributed by atoms with Crippen molar-refractivity contribution in [3.05, 3.63) is 29.8 Å². The van der Waals surface area contributed by atoms with E-state index < -0.39 is 10.0 Å². The predicted octanol–water partition coefficient (Wildman–Crippen LogP) is 1.88. The van der Waals surface area contributed by atoms with Gasteiger partial charge in [-0.05, 0) is 48.7 Å². The van der Waals surface area contributed by atoms with E-state index in [1.165, 1.54) is 31.4 Å². The average molecular weight is 342 g/mol. The first kappa shape index (κ1) is 17.2. The summed E-state index contributed by atoms with van der Waals surface area (Å²) in [6, 6.07) is 6.92. The maximum absolute atomic E-state index is 11.2. The van der Waals surface area contributed by atoms with Gasteiger partial charge in [0.2, 0.25) is 10.0 Å². The van der Waals surface area contributed by atoms with Gasteiger partial charge in [0, 0.05) is 12.6 Å². The summed E-state index contributed by atoms with van der Waals surface area (Å²) in [6.45, 7) is 2.81. The van der Waals surface area contributed by atoms with Crippen LogP contribution in [0.2, 0.25) is 0 Å². The third-order valence-electron chi connectivity index (χ3n) is 4.13. The zero-order valence-corrected chi connectivity index (χ0v) is 14.3. The monoisotopic (exact) mass is 341 g/mol. The maximum atomic E-state index is 11.2. The first-order valence-electron chi connectivity index (χ1n) is 7.52. The lowest BCUT2D eigenvalue weighted by Crippen LogP contribution is -2.45. The minimum atomic E-state index is -3.63. The molecular weight excluding hydrogens is 318 g/mol. The number of nitrogens with two attached hydrogens (primary N) is 1. The van der Waals surface area contributed by atoms with E-state index in [2.05, 4.69) is 17.6 Å². The van der Waals surface area contributed by atoms with Gasteiger partial charge in [0.1, 0.15) is 0 Å². The zero-order chi connectivity index (χ0) is 16.2. The van der Waals surface area contributed by atoms with Gasteiger partial charge in [-0.3, -0.25) is 0 Å². The van der Waals surface area contributed by atoms with Crippen LogP contribution in [-0.4, -0.2) is 19.6 Å². The highest BCUT2D eigenvalue weighted by atomic mass is 32.2. The quantitative estimate of drug-likeness (QED) is 0.728. The number of hydrogen-bond donors (Lipinski definition) is 3. The Hall–Kier alpha value is -1.18. The van der Waals surface area contributed by atoms with Gasteiger partial charge in [-0.15, -0.1) is 0 Å². The van der Waals surface area contributed by atoms with Crippen LogP contribution in [0.3, 0.4) is 0 Å². The standard InChI is InChI=1S/C15H23N3O2S2/c1-11-4-2-3-5-14(11)18-15(21)17-10-12-6-8-13(9-7-12)22(16,19)20/h6-9,11,14H,2-5,10H2,1H3,(H2,16,19,20)(H2,17,18,21)/t11-,14-/m1/s1. The molecule has 0 aliphatic heterocycles. The lowest BCUT2D eigenvalue weighted by molar-refractivity contribution is 0.308. The molecule has 0 radical (unpaired) electrons. The van der Waals surface area contributed by atoms with Gasteiger partial charge in [0.25, 0.3) is 0 Å². The first-order chi connectivity index (χ1) is 10.4. The molecule has 0 amide bonds. The van der Waals surface area contributed by atoms with Gasteiger partial charge in [0.15, 0.2) is 5.11 Å². The highest BCUT2D eigenvalue weighted by Gasteiger charge is 2.21. The second-order valence-electron chi connectivity index (χ2n) is 5.88. The van der Waals surface area contributed by atoms with Gasteiger partial charge in [-0.25, -0.2) is 13.6 Å². The predicted molar refractivity (Wildman–Crippen MR) is 91.8 cm³/mol. The Labute approximate surface area is 137 Å². The summed E-state index contributed by atoms with van der Waals surface area (Å²) in [7, 11) is -3.63. The van der Waals surface area contributed by atoms with E-state index in [9.17, 15) is 8.42 Å². The van der Waals surface area contributed by atoms with Crippen LogP contribution in [0, 0.1) is 5.92 Å². The largest absolute Gasteiger partial charge is 0.360 e. The Kier molecular flexibility index (Phi) is 5.77. The van der Waals surface area contributed by atoms with Gasteiger partial charge in [-0.2, -0.15) is 0 Å². The van der Waals surface area contributed by atoms with Crippen molar-refractivity contribution >= 4 is 27.4 Å². The summed E-state index contributed by atoms with van der Waals surface area (Å²) in [6.07, 6.45) is 4.96. The summed E-state index contributed by atoms with van der Waals surface area (Å²) in [5.41, 5.74) is 0.952. The third-order valence-corrected chi connectivity index (χ3v) is 5.32. The maximum Gasteiger partial charge on any atom is 0.238 e. The molecular formula is C15H23N3O2S2. The van der Waals surface area contributed by atoms with Crippen molar-refractivity contribution < 1.29 is 8.42 Å². The van der Waals surface area contributed by atoms with Gasteiger partial charge < -0.3 is 10.6 Å². The van der Waals surface area contributed by atoms with Crippen LogP contribution in [0.25, 0.3) is 0 Å². The molecule has 1 aliphatic carbocycles. The van der Waals surface area contributed by atoms with E-state index in [-0.39, 0.29) is 4.90 Å². The molecule has 0 heterocycles. The molecule has 22 heavy (non-hydrogen) atoms. The lowest BCUT2D eigenvalue weighted by atomic mass is 9.86. The van der Waals surface area contributed by atoms with Gasteiger partial charge in [-0.1, -0.05) is 31.9 Å². The number of rotatable bonds is 4. The summed E-state index contributed by atoms with van der Waals surface area (Å²) in [5, 5.41) is 12.3. The van der Waals surface area contributed by atoms with Crippen molar-refractivity contribution in [2.45, 2.75) is 50.1 Å². The van der Waals surface area contributed by atoms with E-state index in [0.717, 1.165) is 12.0 Å². The highest BCUT2D eigenvalue weighted by Crippen LogP contribution is 2.23. The number of hydrogen-bond acceptors (Lipinski definition) is 3. The van der Waals surface area contributed by atoms with Crippen molar-refractivity contribution in [3.8, 4) is 0 Å². The molecule has 4 N–H and O–H groups in total. The van der Waals surface area contributed by atoms with Gasteiger partial charge in [0.05, 0.1) is 4.90 Å². The SMILES string of the molecule is C[C@@H]1CCCC[C@H]1NC(=S)NCc1ccc(S(N)(=O)=O)cc1. The number of nitrogens with one attached hydrogen (secondary N) is 2. The average Bonchev–Trinajstić information content (AvgIpc) is 2.47. The topological polar surface area (TPSA) is 84.2 Å². The molecule has 0 spiro atoms. The minimum absolute atomic E-state index is 0.119. The Morgan fingerprint density at radius 3 is 2.50 bits per heavy atom. The number of thiocarbonyl (C=S) groups is 1. The first-order valence-corrected chi connectivity index (χ1v) is 9.48. The lowest BCUT2D eigenvalue weighted by Gasteiger charge is -2.30. The van der Waals surface area contributed by atoms with Crippen LogP contribution in [-0.2, 0) is 16.6 Å². The summed E-state index contributed by atoms with van der Waals surface area (Å²) < 4.78 is 22.4. The fraction of sp³-hybridized carbons (Fsp3) is 0.533. The molecule has 5 nitrogen and oxygen atoms in total. The molecule has 1 aromatic rings. The van der Waals surface area contributed by atoms with Crippen LogP contribution >= 0.6 is 12.2 Å². The molecule has 122 valence electrons. The van der Waals surface area contributed by atoms with Crippen LogP contribution in [0.1, 0.15) is 38.2 Å². The summed E-state index contributed by atoms with van der Waals surface area (Å²) in [4.78, 5) is 0.119. The smallest absolute Gasteiger partial charge is 0.238 e. The second-order valence-corrected chi connectivity index (χ2v) is 7.85. The van der Waals surface area contributed by atoms with Crippen molar-refractivity contribution in [1.82, 2.24) is 10.6 Å². The molecule has 7 heteroatoms. The Balaban J connectivity index is 1.83. The Morgan fingerprint density at radius 2 is 1.91 bits per heavy atom. The Morgan fingerprint density at radius 1 is 1.27 bits per heavy atom.